The second kappa shape index (κ2) is 7.68. The standard InChI is InChI=1S/C15H19N5O2S/c1-3-16-12(21)8-17-13(22)9-20-14(18-19-15(20)23)11-6-4-5-10(2)7-11/h4-7H,3,8-9H2,1-2H3,(H,16,21)(H,17,22)(H,19,23). The van der Waals surface area contributed by atoms with Gasteiger partial charge in [-0.2, -0.15) is 5.10 Å². The van der Waals surface area contributed by atoms with Crippen molar-refractivity contribution < 1.29 is 9.59 Å². The Labute approximate surface area is 139 Å². The Balaban J connectivity index is 2.12. The van der Waals surface area contributed by atoms with Crippen LogP contribution in [0, 0.1) is 11.7 Å². The van der Waals surface area contributed by atoms with Gasteiger partial charge in [0.25, 0.3) is 0 Å². The summed E-state index contributed by atoms with van der Waals surface area (Å²) in [6.07, 6.45) is 0. The lowest BCUT2D eigenvalue weighted by atomic mass is 10.1. The van der Waals surface area contributed by atoms with Gasteiger partial charge < -0.3 is 10.6 Å². The fourth-order valence-electron chi connectivity index (χ4n) is 2.11. The van der Waals surface area contributed by atoms with Crippen LogP contribution in [0.1, 0.15) is 12.5 Å². The first-order chi connectivity index (χ1) is 11.0. The van der Waals surface area contributed by atoms with Gasteiger partial charge in [-0.05, 0) is 32.1 Å². The summed E-state index contributed by atoms with van der Waals surface area (Å²) in [4.78, 5) is 23.4. The molecule has 2 amide bonds. The van der Waals surface area contributed by atoms with Gasteiger partial charge in [-0.25, -0.2) is 0 Å². The minimum Gasteiger partial charge on any atom is -0.355 e. The van der Waals surface area contributed by atoms with Gasteiger partial charge in [0.1, 0.15) is 6.54 Å². The Morgan fingerprint density at radius 2 is 2.09 bits per heavy atom. The molecule has 2 rings (SSSR count). The second-order valence-electron chi connectivity index (χ2n) is 5.04. The number of benzene rings is 1. The Morgan fingerprint density at radius 3 is 2.78 bits per heavy atom. The summed E-state index contributed by atoms with van der Waals surface area (Å²) >= 11 is 5.19. The van der Waals surface area contributed by atoms with E-state index in [9.17, 15) is 9.59 Å². The number of aromatic amines is 1. The molecule has 0 radical (unpaired) electrons. The van der Waals surface area contributed by atoms with Crippen molar-refractivity contribution in [1.82, 2.24) is 25.4 Å². The normalized spacial score (nSPS) is 10.3. The molecule has 0 spiro atoms. The number of aryl methyl sites for hydroxylation is 1. The Kier molecular flexibility index (Phi) is 5.64. The minimum atomic E-state index is -0.303. The van der Waals surface area contributed by atoms with E-state index in [1.807, 2.05) is 38.1 Å². The zero-order valence-corrected chi connectivity index (χ0v) is 13.9. The van der Waals surface area contributed by atoms with Gasteiger partial charge in [0.2, 0.25) is 11.8 Å². The number of carbonyl (C=O) groups is 2. The molecule has 8 heteroatoms. The van der Waals surface area contributed by atoms with Crippen molar-refractivity contribution in [2.75, 3.05) is 13.1 Å². The first kappa shape index (κ1) is 16.9. The summed E-state index contributed by atoms with van der Waals surface area (Å²) in [5.41, 5.74) is 1.96. The van der Waals surface area contributed by atoms with E-state index >= 15 is 0 Å². The molecule has 1 heterocycles. The van der Waals surface area contributed by atoms with Crippen molar-refractivity contribution in [1.29, 1.82) is 0 Å². The number of hydrogen-bond acceptors (Lipinski definition) is 4. The Bertz CT molecular complexity index is 765. The Hall–Kier alpha value is -2.48. The molecule has 0 fully saturated rings. The number of aromatic nitrogens is 3. The van der Waals surface area contributed by atoms with Crippen molar-refractivity contribution in [2.45, 2.75) is 20.4 Å². The predicted molar refractivity (Wildman–Crippen MR) is 89.3 cm³/mol. The third-order valence-corrected chi connectivity index (χ3v) is 3.47. The minimum absolute atomic E-state index is 0.00197. The van der Waals surface area contributed by atoms with E-state index in [1.165, 1.54) is 0 Å². The number of carbonyl (C=O) groups excluding carboxylic acids is 2. The molecule has 122 valence electrons. The predicted octanol–water partition coefficient (Wildman–Crippen LogP) is 1.17. The molecule has 0 bridgehead atoms. The second-order valence-corrected chi connectivity index (χ2v) is 5.42. The van der Waals surface area contributed by atoms with Crippen LogP contribution in [0.5, 0.6) is 0 Å². The van der Waals surface area contributed by atoms with Crippen molar-refractivity contribution in [2.24, 2.45) is 0 Å². The maximum Gasteiger partial charge on any atom is 0.240 e. The van der Waals surface area contributed by atoms with Gasteiger partial charge in [0, 0.05) is 12.1 Å². The fourth-order valence-corrected chi connectivity index (χ4v) is 2.30. The van der Waals surface area contributed by atoms with Crippen LogP contribution in [-0.4, -0.2) is 39.7 Å². The first-order valence-electron chi connectivity index (χ1n) is 7.27. The smallest absolute Gasteiger partial charge is 0.240 e. The van der Waals surface area contributed by atoms with Crippen LogP contribution in [0.4, 0.5) is 0 Å². The topological polar surface area (TPSA) is 91.8 Å². The highest BCUT2D eigenvalue weighted by molar-refractivity contribution is 7.71. The number of likely N-dealkylation sites (N-methyl/N-ethyl adjacent to an activating group) is 1. The summed E-state index contributed by atoms with van der Waals surface area (Å²) in [6.45, 7) is 4.27. The third kappa shape index (κ3) is 4.49. The molecule has 1 aromatic heterocycles. The van der Waals surface area contributed by atoms with Crippen molar-refractivity contribution in [3.8, 4) is 11.4 Å². The maximum atomic E-state index is 12.0. The molecule has 2 aromatic rings. The summed E-state index contributed by atoms with van der Waals surface area (Å²) in [5.74, 6) is 0.0602. The van der Waals surface area contributed by atoms with E-state index in [0.29, 0.717) is 17.1 Å². The molecular weight excluding hydrogens is 314 g/mol. The summed E-state index contributed by atoms with van der Waals surface area (Å²) in [6, 6.07) is 7.77. The molecule has 0 atom stereocenters. The quantitative estimate of drug-likeness (QED) is 0.692. The van der Waals surface area contributed by atoms with Crippen molar-refractivity contribution in [3.05, 3.63) is 34.6 Å². The van der Waals surface area contributed by atoms with E-state index in [0.717, 1.165) is 11.1 Å². The first-order valence-corrected chi connectivity index (χ1v) is 7.67. The van der Waals surface area contributed by atoms with E-state index < -0.39 is 0 Å². The number of hydrogen-bond donors (Lipinski definition) is 3. The molecule has 0 unspecified atom stereocenters. The lowest BCUT2D eigenvalue weighted by Crippen LogP contribution is -2.38. The SMILES string of the molecule is CCNC(=O)CNC(=O)Cn1c(-c2cccc(C)c2)n[nH]c1=S. The summed E-state index contributed by atoms with van der Waals surface area (Å²) < 4.78 is 1.96. The monoisotopic (exact) mass is 333 g/mol. The molecular formula is C15H19N5O2S. The zero-order chi connectivity index (χ0) is 16.8. The summed E-state index contributed by atoms with van der Waals surface area (Å²) in [7, 11) is 0. The number of rotatable bonds is 6. The fraction of sp³-hybridized carbons (Fsp3) is 0.333. The van der Waals surface area contributed by atoms with Crippen LogP contribution < -0.4 is 10.6 Å². The average molecular weight is 333 g/mol. The molecule has 0 aliphatic heterocycles. The van der Waals surface area contributed by atoms with Gasteiger partial charge in [-0.15, -0.1) is 0 Å². The average Bonchev–Trinajstić information content (AvgIpc) is 2.87. The van der Waals surface area contributed by atoms with E-state index in [2.05, 4.69) is 20.8 Å². The molecule has 0 aliphatic carbocycles. The van der Waals surface area contributed by atoms with E-state index in [4.69, 9.17) is 12.2 Å². The van der Waals surface area contributed by atoms with Crippen LogP contribution in [0.15, 0.2) is 24.3 Å². The highest BCUT2D eigenvalue weighted by atomic mass is 32.1. The van der Waals surface area contributed by atoms with Crippen LogP contribution >= 0.6 is 12.2 Å². The van der Waals surface area contributed by atoms with Gasteiger partial charge in [-0.1, -0.05) is 23.8 Å². The number of nitrogens with zero attached hydrogens (tertiary/aromatic N) is 2. The van der Waals surface area contributed by atoms with Crippen LogP contribution in [-0.2, 0) is 16.1 Å². The van der Waals surface area contributed by atoms with Crippen LogP contribution in [0.2, 0.25) is 0 Å². The van der Waals surface area contributed by atoms with Gasteiger partial charge in [0.05, 0.1) is 6.54 Å². The zero-order valence-electron chi connectivity index (χ0n) is 13.0. The van der Waals surface area contributed by atoms with Crippen molar-refractivity contribution >= 4 is 24.0 Å². The molecule has 0 saturated heterocycles. The molecule has 1 aromatic carbocycles. The number of amides is 2. The Morgan fingerprint density at radius 1 is 1.30 bits per heavy atom. The number of nitrogens with one attached hydrogen (secondary N) is 3. The molecule has 0 saturated carbocycles. The van der Waals surface area contributed by atoms with Gasteiger partial charge in [-0.3, -0.25) is 19.3 Å². The lowest BCUT2D eigenvalue weighted by Gasteiger charge is -2.08. The maximum absolute atomic E-state index is 12.0. The lowest BCUT2D eigenvalue weighted by molar-refractivity contribution is -0.126. The molecule has 23 heavy (non-hydrogen) atoms. The molecule has 3 N–H and O–H groups in total. The highest BCUT2D eigenvalue weighted by Gasteiger charge is 2.13. The van der Waals surface area contributed by atoms with E-state index in [1.54, 1.807) is 4.57 Å². The van der Waals surface area contributed by atoms with E-state index in [-0.39, 0.29) is 24.9 Å². The van der Waals surface area contributed by atoms with Crippen LogP contribution in [0.25, 0.3) is 11.4 Å². The molecule has 0 aliphatic rings. The molecule has 7 nitrogen and oxygen atoms in total. The highest BCUT2D eigenvalue weighted by Crippen LogP contribution is 2.18. The van der Waals surface area contributed by atoms with Gasteiger partial charge >= 0.3 is 0 Å². The largest absolute Gasteiger partial charge is 0.355 e. The third-order valence-electron chi connectivity index (χ3n) is 3.16. The summed E-state index contributed by atoms with van der Waals surface area (Å²) in [5, 5.41) is 12.1. The number of H-pyrrole nitrogens is 1. The van der Waals surface area contributed by atoms with Crippen LogP contribution in [0.3, 0.4) is 0 Å². The van der Waals surface area contributed by atoms with Crippen molar-refractivity contribution in [3.63, 3.8) is 0 Å². The van der Waals surface area contributed by atoms with Gasteiger partial charge in [0.15, 0.2) is 10.6 Å².